The van der Waals surface area contributed by atoms with Crippen molar-refractivity contribution in [3.05, 3.63) is 39.9 Å². The summed E-state index contributed by atoms with van der Waals surface area (Å²) in [4.78, 5) is 25.2. The molecule has 11 heteroatoms. The van der Waals surface area contributed by atoms with E-state index in [2.05, 4.69) is 20.4 Å². The van der Waals surface area contributed by atoms with Gasteiger partial charge in [-0.25, -0.2) is 0 Å². The van der Waals surface area contributed by atoms with Crippen LogP contribution < -0.4 is 15.5 Å². The number of piperazine rings is 1. The van der Waals surface area contributed by atoms with Crippen LogP contribution in [-0.2, 0) is 20.8 Å². The number of ether oxygens (including phenoxy) is 2. The summed E-state index contributed by atoms with van der Waals surface area (Å²) in [6, 6.07) is 7.29. The Hall–Kier alpha value is -2.17. The number of benzene rings is 1. The van der Waals surface area contributed by atoms with E-state index in [0.717, 1.165) is 31.7 Å². The molecule has 0 amide bonds. The Kier molecular flexibility index (Phi) is 10.2. The number of ketones is 1. The molecule has 1 fully saturated rings. The lowest BCUT2D eigenvalue weighted by Gasteiger charge is -2.34. The van der Waals surface area contributed by atoms with Crippen molar-refractivity contribution in [1.29, 1.82) is 0 Å². The van der Waals surface area contributed by atoms with Gasteiger partial charge in [0.05, 0.1) is 6.54 Å². The van der Waals surface area contributed by atoms with Crippen molar-refractivity contribution in [2.45, 2.75) is 26.2 Å². The predicted molar refractivity (Wildman–Crippen MR) is 136 cm³/mol. The van der Waals surface area contributed by atoms with Crippen molar-refractivity contribution in [2.75, 3.05) is 69.0 Å². The molecule has 1 aliphatic rings. The van der Waals surface area contributed by atoms with Gasteiger partial charge in [0.1, 0.15) is 17.4 Å². The highest BCUT2D eigenvalue weighted by Gasteiger charge is 2.21. The lowest BCUT2D eigenvalue weighted by Crippen LogP contribution is -2.48. The first-order chi connectivity index (χ1) is 16.4. The van der Waals surface area contributed by atoms with Crippen LogP contribution in [-0.4, -0.2) is 80.4 Å². The zero-order valence-electron chi connectivity index (χ0n) is 19.8. The Labute approximate surface area is 210 Å². The molecule has 9 nitrogen and oxygen atoms in total. The summed E-state index contributed by atoms with van der Waals surface area (Å²) >= 11 is 12.3. The third-order valence-electron chi connectivity index (χ3n) is 5.50. The number of anilines is 3. The first-order valence-corrected chi connectivity index (χ1v) is 12.0. The average Bonchev–Trinajstić information content (AvgIpc) is 2.81. The van der Waals surface area contributed by atoms with Crippen molar-refractivity contribution in [3.63, 3.8) is 0 Å². The van der Waals surface area contributed by atoms with E-state index in [4.69, 9.17) is 42.6 Å². The molecule has 3 rings (SSSR count). The zero-order valence-corrected chi connectivity index (χ0v) is 21.3. The average molecular weight is 511 g/mol. The molecule has 0 unspecified atom stereocenters. The number of nitrogens with one attached hydrogen (secondary N) is 2. The van der Waals surface area contributed by atoms with Crippen molar-refractivity contribution in [2.24, 2.45) is 0 Å². The van der Waals surface area contributed by atoms with Crippen molar-refractivity contribution >= 4 is 46.6 Å². The molecule has 0 saturated carbocycles. The van der Waals surface area contributed by atoms with E-state index in [-0.39, 0.29) is 12.1 Å². The van der Waals surface area contributed by atoms with Gasteiger partial charge in [-0.2, -0.15) is 9.97 Å². The van der Waals surface area contributed by atoms with Gasteiger partial charge in [0.25, 0.3) is 0 Å². The van der Waals surface area contributed by atoms with E-state index >= 15 is 0 Å². The Morgan fingerprint density at radius 1 is 1.06 bits per heavy atom. The van der Waals surface area contributed by atoms with Gasteiger partial charge in [-0.05, 0) is 24.6 Å². The van der Waals surface area contributed by atoms with E-state index in [1.807, 2.05) is 18.2 Å². The van der Waals surface area contributed by atoms with Gasteiger partial charge >= 0.3 is 0 Å². The van der Waals surface area contributed by atoms with Gasteiger partial charge in [-0.3, -0.25) is 9.69 Å². The molecule has 1 aromatic carbocycles. The standard InChI is InChI=1S/C23H32Cl2N6O3/c1-16(32)15-30-8-10-31(11-9-30)23-28-20(26-7-6-22(33-2)34-3)13-21(29-23)27-14-17-4-5-18(24)12-19(17)25/h4-5,12-13,22H,6-11,14-15H2,1-3H3,(H2,26,27,28,29). The first kappa shape index (κ1) is 26.4. The molecule has 2 N–H and O–H groups in total. The smallest absolute Gasteiger partial charge is 0.229 e. The minimum Gasteiger partial charge on any atom is -0.370 e. The van der Waals surface area contributed by atoms with Crippen LogP contribution in [0.2, 0.25) is 10.0 Å². The third-order valence-corrected chi connectivity index (χ3v) is 6.09. The van der Waals surface area contributed by atoms with Crippen LogP contribution in [0.15, 0.2) is 24.3 Å². The van der Waals surface area contributed by atoms with Gasteiger partial charge in [0, 0.05) is 76.0 Å². The molecule has 0 spiro atoms. The Morgan fingerprint density at radius 2 is 1.74 bits per heavy atom. The van der Waals surface area contributed by atoms with Crippen molar-refractivity contribution < 1.29 is 14.3 Å². The molecule has 1 aromatic heterocycles. The zero-order chi connectivity index (χ0) is 24.5. The molecule has 1 saturated heterocycles. The normalized spacial score (nSPS) is 14.5. The lowest BCUT2D eigenvalue weighted by molar-refractivity contribution is -0.118. The van der Waals surface area contributed by atoms with Crippen LogP contribution in [0.25, 0.3) is 0 Å². The number of hydrogen-bond acceptors (Lipinski definition) is 9. The molecular formula is C23H32Cl2N6O3. The molecular weight excluding hydrogens is 479 g/mol. The molecule has 0 aliphatic carbocycles. The number of carbonyl (C=O) groups is 1. The summed E-state index contributed by atoms with van der Waals surface area (Å²) < 4.78 is 10.5. The van der Waals surface area contributed by atoms with Gasteiger partial charge in [0.15, 0.2) is 6.29 Å². The van der Waals surface area contributed by atoms with Crippen LogP contribution in [0.4, 0.5) is 17.6 Å². The fraction of sp³-hybridized carbons (Fsp3) is 0.522. The van der Waals surface area contributed by atoms with Gasteiger partial charge in [-0.15, -0.1) is 0 Å². The molecule has 0 radical (unpaired) electrons. The molecule has 0 bridgehead atoms. The van der Waals surface area contributed by atoms with E-state index in [1.165, 1.54) is 0 Å². The number of rotatable bonds is 12. The van der Waals surface area contributed by atoms with Crippen molar-refractivity contribution in [3.8, 4) is 0 Å². The molecule has 2 aromatic rings. The minimum absolute atomic E-state index is 0.175. The largest absolute Gasteiger partial charge is 0.370 e. The van der Waals surface area contributed by atoms with Crippen molar-refractivity contribution in [1.82, 2.24) is 14.9 Å². The topological polar surface area (TPSA) is 91.9 Å². The quantitative estimate of drug-likeness (QED) is 0.416. The minimum atomic E-state index is -0.284. The van der Waals surface area contributed by atoms with Gasteiger partial charge in [-0.1, -0.05) is 29.3 Å². The number of carbonyl (C=O) groups excluding carboxylic acids is 1. The number of Topliss-reactive ketones (excluding diaryl/α,β-unsaturated/α-hetero) is 1. The molecule has 186 valence electrons. The summed E-state index contributed by atoms with van der Waals surface area (Å²) in [6.45, 7) is 6.27. The summed E-state index contributed by atoms with van der Waals surface area (Å²) in [5.41, 5.74) is 0.918. The number of aromatic nitrogens is 2. The fourth-order valence-electron chi connectivity index (χ4n) is 3.68. The maximum absolute atomic E-state index is 11.4. The maximum atomic E-state index is 11.4. The van der Waals surface area contributed by atoms with E-state index in [0.29, 0.717) is 53.7 Å². The van der Waals surface area contributed by atoms with Crippen LogP contribution in [0, 0.1) is 0 Å². The Balaban J connectivity index is 1.72. The number of methoxy groups -OCH3 is 2. The van der Waals surface area contributed by atoms with Crippen LogP contribution in [0.3, 0.4) is 0 Å². The molecule has 1 aliphatic heterocycles. The monoisotopic (exact) mass is 510 g/mol. The van der Waals surface area contributed by atoms with E-state index in [9.17, 15) is 4.79 Å². The van der Waals surface area contributed by atoms with Crippen LogP contribution in [0.1, 0.15) is 18.9 Å². The second-order valence-corrected chi connectivity index (χ2v) is 8.95. The van der Waals surface area contributed by atoms with Gasteiger partial charge < -0.3 is 25.0 Å². The molecule has 2 heterocycles. The highest BCUT2D eigenvalue weighted by Crippen LogP contribution is 2.23. The number of nitrogens with zero attached hydrogens (tertiary/aromatic N) is 4. The van der Waals surface area contributed by atoms with E-state index in [1.54, 1.807) is 27.2 Å². The second kappa shape index (κ2) is 13.1. The molecule has 0 atom stereocenters. The summed E-state index contributed by atoms with van der Waals surface area (Å²) in [5.74, 6) is 2.19. The van der Waals surface area contributed by atoms with Crippen LogP contribution in [0.5, 0.6) is 0 Å². The number of halogens is 2. The van der Waals surface area contributed by atoms with Gasteiger partial charge in [0.2, 0.25) is 5.95 Å². The SMILES string of the molecule is COC(CCNc1cc(NCc2ccc(Cl)cc2Cl)nc(N2CCN(CC(C)=O)CC2)n1)OC. The van der Waals surface area contributed by atoms with Crippen LogP contribution >= 0.6 is 23.2 Å². The summed E-state index contributed by atoms with van der Waals surface area (Å²) in [5, 5.41) is 7.88. The summed E-state index contributed by atoms with van der Waals surface area (Å²) in [6.07, 6.45) is 0.381. The Bertz CT molecular complexity index is 952. The second-order valence-electron chi connectivity index (χ2n) is 8.11. The highest BCUT2D eigenvalue weighted by atomic mass is 35.5. The molecule has 34 heavy (non-hydrogen) atoms. The third kappa shape index (κ3) is 7.95. The lowest BCUT2D eigenvalue weighted by atomic mass is 10.2. The summed E-state index contributed by atoms with van der Waals surface area (Å²) in [7, 11) is 3.24. The fourth-order valence-corrected chi connectivity index (χ4v) is 4.15. The van der Waals surface area contributed by atoms with E-state index < -0.39 is 0 Å². The Morgan fingerprint density at radius 3 is 2.35 bits per heavy atom. The number of hydrogen-bond donors (Lipinski definition) is 2. The highest BCUT2D eigenvalue weighted by molar-refractivity contribution is 6.35. The predicted octanol–water partition coefficient (Wildman–Crippen LogP) is 3.53. The maximum Gasteiger partial charge on any atom is 0.229 e. The first-order valence-electron chi connectivity index (χ1n) is 11.2.